The average molecular weight is 412 g/mol. The van der Waals surface area contributed by atoms with Crippen molar-refractivity contribution in [2.75, 3.05) is 26.3 Å². The minimum atomic E-state index is -0.0349. The second-order valence-electron chi connectivity index (χ2n) is 6.12. The molecule has 1 amide bonds. The van der Waals surface area contributed by atoms with Gasteiger partial charge in [0.1, 0.15) is 5.82 Å². The Balaban J connectivity index is 1.78. The van der Waals surface area contributed by atoms with Crippen molar-refractivity contribution in [2.24, 2.45) is 0 Å². The first-order valence-electron chi connectivity index (χ1n) is 8.50. The van der Waals surface area contributed by atoms with Crippen LogP contribution in [-0.2, 0) is 9.53 Å². The molecule has 1 saturated heterocycles. The van der Waals surface area contributed by atoms with Crippen molar-refractivity contribution in [3.05, 3.63) is 64.4 Å². The number of aromatic amines is 1. The standard InChI is InChI=1S/C20H18BrN3O2/c21-15-5-3-4-14(12-15)13-16(20(25)24-8-10-26-11-9-24)19-22-17-6-1-2-7-18(17)23-19/h1-7,12-13H,8-11H2,(H,22,23)/b16-13-. The van der Waals surface area contributed by atoms with E-state index in [1.165, 1.54) is 0 Å². The van der Waals surface area contributed by atoms with Crippen LogP contribution in [0.5, 0.6) is 0 Å². The van der Waals surface area contributed by atoms with Crippen LogP contribution in [0, 0.1) is 0 Å². The van der Waals surface area contributed by atoms with Gasteiger partial charge in [-0.25, -0.2) is 4.98 Å². The van der Waals surface area contributed by atoms with E-state index in [0.29, 0.717) is 37.7 Å². The predicted molar refractivity (Wildman–Crippen MR) is 106 cm³/mol. The lowest BCUT2D eigenvalue weighted by molar-refractivity contribution is -0.128. The van der Waals surface area contributed by atoms with Crippen LogP contribution in [0.3, 0.4) is 0 Å². The van der Waals surface area contributed by atoms with E-state index in [4.69, 9.17) is 4.74 Å². The maximum absolute atomic E-state index is 13.2. The van der Waals surface area contributed by atoms with Gasteiger partial charge in [0.25, 0.3) is 5.91 Å². The number of para-hydroxylation sites is 2. The molecule has 0 radical (unpaired) electrons. The largest absolute Gasteiger partial charge is 0.378 e. The highest BCUT2D eigenvalue weighted by atomic mass is 79.9. The lowest BCUT2D eigenvalue weighted by Crippen LogP contribution is -2.41. The van der Waals surface area contributed by atoms with Gasteiger partial charge in [-0.1, -0.05) is 40.2 Å². The first-order valence-corrected chi connectivity index (χ1v) is 9.29. The van der Waals surface area contributed by atoms with Crippen LogP contribution < -0.4 is 0 Å². The van der Waals surface area contributed by atoms with Crippen molar-refractivity contribution >= 4 is 44.5 Å². The van der Waals surface area contributed by atoms with E-state index < -0.39 is 0 Å². The number of benzene rings is 2. The number of halogens is 1. The van der Waals surface area contributed by atoms with E-state index in [-0.39, 0.29) is 5.91 Å². The fraction of sp³-hybridized carbons (Fsp3) is 0.200. The van der Waals surface area contributed by atoms with E-state index >= 15 is 0 Å². The zero-order valence-corrected chi connectivity index (χ0v) is 15.7. The minimum Gasteiger partial charge on any atom is -0.378 e. The number of fused-ring (bicyclic) bond motifs is 1. The monoisotopic (exact) mass is 411 g/mol. The summed E-state index contributed by atoms with van der Waals surface area (Å²) in [7, 11) is 0. The van der Waals surface area contributed by atoms with Crippen LogP contribution in [0.2, 0.25) is 0 Å². The van der Waals surface area contributed by atoms with E-state index in [0.717, 1.165) is 21.1 Å². The van der Waals surface area contributed by atoms with Crippen molar-refractivity contribution in [2.45, 2.75) is 0 Å². The summed E-state index contributed by atoms with van der Waals surface area (Å²) < 4.78 is 6.34. The predicted octanol–water partition coefficient (Wildman–Crippen LogP) is 3.72. The summed E-state index contributed by atoms with van der Waals surface area (Å²) in [5.74, 6) is 0.551. The Morgan fingerprint density at radius 1 is 1.15 bits per heavy atom. The highest BCUT2D eigenvalue weighted by Gasteiger charge is 2.24. The summed E-state index contributed by atoms with van der Waals surface area (Å²) >= 11 is 3.49. The summed E-state index contributed by atoms with van der Waals surface area (Å²) in [5.41, 5.74) is 3.26. The molecular formula is C20H18BrN3O2. The molecule has 1 aromatic heterocycles. The van der Waals surface area contributed by atoms with Crippen LogP contribution in [0.4, 0.5) is 0 Å². The Hall–Kier alpha value is -2.44. The Morgan fingerprint density at radius 2 is 1.96 bits per heavy atom. The molecule has 4 rings (SSSR count). The van der Waals surface area contributed by atoms with Gasteiger partial charge in [0.05, 0.1) is 29.8 Å². The minimum absolute atomic E-state index is 0.0349. The molecule has 1 aliphatic rings. The van der Waals surface area contributed by atoms with Crippen LogP contribution in [0.15, 0.2) is 53.0 Å². The number of hydrogen-bond donors (Lipinski definition) is 1. The zero-order valence-electron chi connectivity index (χ0n) is 14.1. The number of carbonyl (C=O) groups is 1. The van der Waals surface area contributed by atoms with Gasteiger partial charge in [-0.3, -0.25) is 4.79 Å². The number of aromatic nitrogens is 2. The molecule has 0 bridgehead atoms. The van der Waals surface area contributed by atoms with Gasteiger partial charge in [0.2, 0.25) is 0 Å². The Kier molecular flexibility index (Phi) is 4.86. The van der Waals surface area contributed by atoms with Crippen LogP contribution in [0.25, 0.3) is 22.7 Å². The van der Waals surface area contributed by atoms with Gasteiger partial charge in [-0.05, 0) is 35.9 Å². The molecule has 0 atom stereocenters. The Labute approximate surface area is 159 Å². The molecule has 2 aromatic carbocycles. The van der Waals surface area contributed by atoms with Gasteiger partial charge < -0.3 is 14.6 Å². The second-order valence-corrected chi connectivity index (χ2v) is 7.04. The van der Waals surface area contributed by atoms with Crippen molar-refractivity contribution in [3.63, 3.8) is 0 Å². The topological polar surface area (TPSA) is 58.2 Å². The highest BCUT2D eigenvalue weighted by molar-refractivity contribution is 9.10. The molecule has 3 aromatic rings. The summed E-state index contributed by atoms with van der Waals surface area (Å²) in [6.07, 6.45) is 1.89. The van der Waals surface area contributed by atoms with E-state index in [1.807, 2.05) is 59.5 Å². The number of morpholine rings is 1. The molecule has 1 N–H and O–H groups in total. The van der Waals surface area contributed by atoms with Crippen LogP contribution in [-0.4, -0.2) is 47.1 Å². The number of ether oxygens (including phenoxy) is 1. The normalized spacial score (nSPS) is 15.4. The van der Waals surface area contributed by atoms with Gasteiger partial charge >= 0.3 is 0 Å². The van der Waals surface area contributed by atoms with Gasteiger partial charge in [0.15, 0.2) is 0 Å². The molecule has 132 valence electrons. The number of carbonyl (C=O) groups excluding carboxylic acids is 1. The molecule has 0 unspecified atom stereocenters. The second kappa shape index (κ2) is 7.43. The SMILES string of the molecule is O=C(/C(=C\c1cccc(Br)c1)c1nc2ccccc2[nH]1)N1CCOCC1. The molecule has 0 saturated carbocycles. The Morgan fingerprint density at radius 3 is 2.73 bits per heavy atom. The fourth-order valence-corrected chi connectivity index (χ4v) is 3.43. The van der Waals surface area contributed by atoms with Crippen LogP contribution in [0.1, 0.15) is 11.4 Å². The molecule has 6 heteroatoms. The number of hydrogen-bond acceptors (Lipinski definition) is 3. The molecule has 0 spiro atoms. The lowest BCUT2D eigenvalue weighted by atomic mass is 10.1. The van der Waals surface area contributed by atoms with Gasteiger partial charge in [0, 0.05) is 17.6 Å². The Bertz CT molecular complexity index is 941. The van der Waals surface area contributed by atoms with E-state index in [1.54, 1.807) is 0 Å². The fourth-order valence-electron chi connectivity index (χ4n) is 3.01. The van der Waals surface area contributed by atoms with Crippen molar-refractivity contribution in [1.29, 1.82) is 0 Å². The summed E-state index contributed by atoms with van der Waals surface area (Å²) in [4.78, 5) is 22.9. The number of imidazole rings is 1. The van der Waals surface area contributed by atoms with E-state index in [2.05, 4.69) is 25.9 Å². The molecule has 1 fully saturated rings. The maximum Gasteiger partial charge on any atom is 0.257 e. The van der Waals surface area contributed by atoms with Gasteiger partial charge in [-0.2, -0.15) is 0 Å². The highest BCUT2D eigenvalue weighted by Crippen LogP contribution is 2.23. The van der Waals surface area contributed by atoms with E-state index in [9.17, 15) is 4.79 Å². The third-order valence-corrected chi connectivity index (χ3v) is 4.83. The van der Waals surface area contributed by atoms with Crippen molar-refractivity contribution < 1.29 is 9.53 Å². The third-order valence-electron chi connectivity index (χ3n) is 4.33. The third kappa shape index (κ3) is 3.57. The molecule has 5 nitrogen and oxygen atoms in total. The number of nitrogens with zero attached hydrogens (tertiary/aromatic N) is 2. The van der Waals surface area contributed by atoms with Crippen molar-refractivity contribution in [1.82, 2.24) is 14.9 Å². The smallest absolute Gasteiger partial charge is 0.257 e. The molecule has 0 aliphatic carbocycles. The quantitative estimate of drug-likeness (QED) is 0.668. The number of rotatable bonds is 3. The first-order chi connectivity index (χ1) is 12.7. The molecular weight excluding hydrogens is 394 g/mol. The number of nitrogens with one attached hydrogen (secondary N) is 1. The number of H-pyrrole nitrogens is 1. The van der Waals surface area contributed by atoms with Gasteiger partial charge in [-0.15, -0.1) is 0 Å². The maximum atomic E-state index is 13.2. The zero-order chi connectivity index (χ0) is 17.9. The number of amides is 1. The van der Waals surface area contributed by atoms with Crippen LogP contribution >= 0.6 is 15.9 Å². The molecule has 1 aliphatic heterocycles. The summed E-state index contributed by atoms with van der Waals surface area (Å²) in [6, 6.07) is 15.6. The van der Waals surface area contributed by atoms with Crippen molar-refractivity contribution in [3.8, 4) is 0 Å². The first kappa shape index (κ1) is 17.0. The lowest BCUT2D eigenvalue weighted by Gasteiger charge is -2.27. The summed E-state index contributed by atoms with van der Waals surface area (Å²) in [5, 5.41) is 0. The molecule has 2 heterocycles. The molecule has 26 heavy (non-hydrogen) atoms. The summed E-state index contributed by atoms with van der Waals surface area (Å²) in [6.45, 7) is 2.32. The average Bonchev–Trinajstić information content (AvgIpc) is 3.10.